The minimum absolute atomic E-state index is 0.144. The summed E-state index contributed by atoms with van der Waals surface area (Å²) in [5, 5.41) is 3.18. The van der Waals surface area contributed by atoms with Gasteiger partial charge in [-0.3, -0.25) is 14.2 Å². The number of nitrogens with one attached hydrogen (secondary N) is 1. The summed E-state index contributed by atoms with van der Waals surface area (Å²) in [6, 6.07) is 13.4. The van der Waals surface area contributed by atoms with Crippen LogP contribution < -0.4 is 5.32 Å². The first kappa shape index (κ1) is 21.4. The fourth-order valence-corrected chi connectivity index (χ4v) is 4.78. The van der Waals surface area contributed by atoms with E-state index in [0.29, 0.717) is 16.3 Å². The summed E-state index contributed by atoms with van der Waals surface area (Å²) in [4.78, 5) is 47.8. The molecule has 1 heterocycles. The lowest BCUT2D eigenvalue weighted by Crippen LogP contribution is -2.14. The van der Waals surface area contributed by atoms with Crippen molar-refractivity contribution in [3.63, 3.8) is 0 Å². The third-order valence-corrected chi connectivity index (χ3v) is 6.09. The number of amides is 1. The Morgan fingerprint density at radius 2 is 1.86 bits per heavy atom. The maximum atomic E-state index is 13.0. The van der Waals surface area contributed by atoms with Crippen LogP contribution in [0.5, 0.6) is 0 Å². The number of halogens is 1. The van der Waals surface area contributed by atoms with Gasteiger partial charge in [-0.2, -0.15) is 0 Å². The number of hydrogen-bond acceptors (Lipinski definition) is 5. The highest BCUT2D eigenvalue weighted by atomic mass is 35.5. The molecule has 0 aliphatic heterocycles. The van der Waals surface area contributed by atoms with Gasteiger partial charge in [0.05, 0.1) is 11.4 Å². The van der Waals surface area contributed by atoms with Crippen LogP contribution in [-0.4, -0.2) is 26.5 Å². The van der Waals surface area contributed by atoms with E-state index in [1.54, 1.807) is 36.4 Å². The van der Waals surface area contributed by atoms with Crippen LogP contribution in [0.2, 0.25) is 5.02 Å². The van der Waals surface area contributed by atoms with Crippen LogP contribution in [0.15, 0.2) is 48.5 Å². The minimum atomic E-state index is -4.35. The molecule has 3 rings (SSSR count). The first-order chi connectivity index (χ1) is 13.6. The van der Waals surface area contributed by atoms with Crippen molar-refractivity contribution in [1.29, 1.82) is 0 Å². The second-order valence-corrected chi connectivity index (χ2v) is 9.34. The highest BCUT2D eigenvalue weighted by Crippen LogP contribution is 2.42. The molecule has 0 fully saturated rings. The zero-order valence-electron chi connectivity index (χ0n) is 15.1. The molecule has 150 valence electrons. The Bertz CT molecular complexity index is 1130. The van der Waals surface area contributed by atoms with Crippen LogP contribution in [0.25, 0.3) is 11.3 Å². The van der Waals surface area contributed by atoms with Crippen molar-refractivity contribution < 1.29 is 23.9 Å². The van der Waals surface area contributed by atoms with Gasteiger partial charge in [-0.1, -0.05) is 41.9 Å². The maximum absolute atomic E-state index is 13.0. The first-order valence-electron chi connectivity index (χ1n) is 8.35. The summed E-state index contributed by atoms with van der Waals surface area (Å²) >= 11 is 6.84. The monoisotopic (exact) mass is 450 g/mol. The van der Waals surface area contributed by atoms with Crippen molar-refractivity contribution >= 4 is 47.9 Å². The predicted molar refractivity (Wildman–Crippen MR) is 113 cm³/mol. The van der Waals surface area contributed by atoms with E-state index in [1.165, 1.54) is 19.1 Å². The van der Waals surface area contributed by atoms with Gasteiger partial charge in [0.15, 0.2) is 5.78 Å². The quantitative estimate of drug-likeness (QED) is 0.373. The Morgan fingerprint density at radius 1 is 1.17 bits per heavy atom. The number of anilines is 1. The average Bonchev–Trinajstić information content (AvgIpc) is 3.05. The van der Waals surface area contributed by atoms with E-state index in [1.807, 2.05) is 0 Å². The lowest BCUT2D eigenvalue weighted by Gasteiger charge is -2.09. The number of aromatic nitrogens is 1. The summed E-state index contributed by atoms with van der Waals surface area (Å²) in [6.45, 7) is 1.36. The predicted octanol–water partition coefficient (Wildman–Crippen LogP) is 4.60. The van der Waals surface area contributed by atoms with Gasteiger partial charge in [0.25, 0.3) is 5.91 Å². The van der Waals surface area contributed by atoms with Crippen molar-refractivity contribution in [2.45, 2.75) is 13.1 Å². The fourth-order valence-electron chi connectivity index (χ4n) is 2.65. The fraction of sp³-hybridized carbons (Fsp3) is 0.105. The molecule has 0 aliphatic rings. The number of benzene rings is 2. The maximum Gasteiger partial charge on any atom is 0.332 e. The zero-order valence-corrected chi connectivity index (χ0v) is 17.6. The lowest BCUT2D eigenvalue weighted by molar-refractivity contribution is 0.101. The van der Waals surface area contributed by atoms with Crippen molar-refractivity contribution in [2.24, 2.45) is 0 Å². The molecule has 7 nitrogen and oxygen atoms in total. The standard InChI is InChI=1S/C19H16ClN2O5PS/c1-11(23)14-9-13(20)7-8-15(14)21-19(24)18-17(12-5-3-2-4-6-12)22-16(29-18)10-28(25,26)27/h2-9H,10H2,1H3,(H,21,24)(H2,25,26,27). The third-order valence-electron chi connectivity index (χ3n) is 3.88. The second-order valence-electron chi connectivity index (χ2n) is 6.17. The van der Waals surface area contributed by atoms with Crippen LogP contribution in [0.4, 0.5) is 5.69 Å². The normalized spacial score (nSPS) is 11.3. The molecule has 1 amide bonds. The number of carbonyl (C=O) groups is 2. The number of hydrogen-bond donors (Lipinski definition) is 3. The molecule has 0 aliphatic carbocycles. The highest BCUT2D eigenvalue weighted by Gasteiger charge is 2.24. The van der Waals surface area contributed by atoms with Crippen molar-refractivity contribution in [2.75, 3.05) is 5.32 Å². The Kier molecular flexibility index (Phi) is 6.31. The molecule has 29 heavy (non-hydrogen) atoms. The molecule has 0 radical (unpaired) electrons. The molecular formula is C19H16ClN2O5PS. The van der Waals surface area contributed by atoms with Crippen molar-refractivity contribution in [3.8, 4) is 11.3 Å². The first-order valence-corrected chi connectivity index (χ1v) is 11.3. The molecular weight excluding hydrogens is 435 g/mol. The smallest absolute Gasteiger partial charge is 0.324 e. The molecule has 0 saturated heterocycles. The Balaban J connectivity index is 2.02. The van der Waals surface area contributed by atoms with E-state index in [9.17, 15) is 23.9 Å². The summed E-state index contributed by atoms with van der Waals surface area (Å²) in [5.41, 5.74) is 1.49. The van der Waals surface area contributed by atoms with Gasteiger partial charge in [0.1, 0.15) is 16.0 Å². The number of Topliss-reactive ketones (excluding diaryl/α,β-unsaturated/α-hetero) is 1. The molecule has 1 aromatic heterocycles. The van der Waals surface area contributed by atoms with E-state index in [0.717, 1.165) is 11.3 Å². The number of ketones is 1. The Morgan fingerprint density at radius 3 is 2.48 bits per heavy atom. The third kappa shape index (κ3) is 5.38. The molecule has 0 spiro atoms. The Hall–Kier alpha value is -2.35. The number of thiazole rings is 1. The largest absolute Gasteiger partial charge is 0.332 e. The van der Waals surface area contributed by atoms with Gasteiger partial charge in [-0.25, -0.2) is 4.98 Å². The number of carbonyl (C=O) groups excluding carboxylic acids is 2. The molecule has 0 saturated carbocycles. The van der Waals surface area contributed by atoms with Crippen LogP contribution >= 0.6 is 30.5 Å². The van der Waals surface area contributed by atoms with E-state index in [2.05, 4.69) is 10.3 Å². The highest BCUT2D eigenvalue weighted by molar-refractivity contribution is 7.51. The molecule has 3 N–H and O–H groups in total. The molecule has 0 bridgehead atoms. The second kappa shape index (κ2) is 8.57. The summed E-state index contributed by atoms with van der Waals surface area (Å²) in [7, 11) is -4.35. The summed E-state index contributed by atoms with van der Waals surface area (Å²) in [6.07, 6.45) is -0.565. The SMILES string of the molecule is CC(=O)c1cc(Cl)ccc1NC(=O)c1sc(CP(=O)(O)O)nc1-c1ccccc1. The van der Waals surface area contributed by atoms with Crippen LogP contribution in [0.3, 0.4) is 0 Å². The van der Waals surface area contributed by atoms with Crippen LogP contribution in [0, 0.1) is 0 Å². The van der Waals surface area contributed by atoms with Crippen molar-refractivity contribution in [3.05, 3.63) is 69.0 Å². The topological polar surface area (TPSA) is 117 Å². The lowest BCUT2D eigenvalue weighted by atomic mass is 10.1. The van der Waals surface area contributed by atoms with Crippen LogP contribution in [-0.2, 0) is 10.7 Å². The van der Waals surface area contributed by atoms with Gasteiger partial charge in [0, 0.05) is 16.1 Å². The zero-order chi connectivity index (χ0) is 21.2. The molecule has 0 atom stereocenters. The Labute approximate surface area is 175 Å². The molecule has 10 heteroatoms. The van der Waals surface area contributed by atoms with Gasteiger partial charge < -0.3 is 15.1 Å². The van der Waals surface area contributed by atoms with E-state index in [-0.39, 0.29) is 26.9 Å². The summed E-state index contributed by atoms with van der Waals surface area (Å²) in [5.74, 6) is -0.805. The van der Waals surface area contributed by atoms with E-state index in [4.69, 9.17) is 11.6 Å². The minimum Gasteiger partial charge on any atom is -0.324 e. The van der Waals surface area contributed by atoms with Gasteiger partial charge >= 0.3 is 7.60 Å². The van der Waals surface area contributed by atoms with E-state index >= 15 is 0 Å². The average molecular weight is 451 g/mol. The molecule has 2 aromatic carbocycles. The molecule has 3 aromatic rings. The number of nitrogens with zero attached hydrogens (tertiary/aromatic N) is 1. The molecule has 0 unspecified atom stereocenters. The van der Waals surface area contributed by atoms with E-state index < -0.39 is 19.7 Å². The van der Waals surface area contributed by atoms with Gasteiger partial charge in [-0.05, 0) is 25.1 Å². The van der Waals surface area contributed by atoms with Gasteiger partial charge in [-0.15, -0.1) is 11.3 Å². The van der Waals surface area contributed by atoms with Crippen LogP contribution in [0.1, 0.15) is 32.0 Å². The van der Waals surface area contributed by atoms with Crippen molar-refractivity contribution in [1.82, 2.24) is 4.98 Å². The summed E-state index contributed by atoms with van der Waals surface area (Å²) < 4.78 is 11.4. The number of rotatable bonds is 6. The van der Waals surface area contributed by atoms with Gasteiger partial charge in [0.2, 0.25) is 0 Å².